The van der Waals surface area contributed by atoms with Crippen molar-refractivity contribution in [1.82, 2.24) is 5.32 Å². The van der Waals surface area contributed by atoms with Gasteiger partial charge in [0, 0.05) is 19.5 Å². The maximum absolute atomic E-state index is 11.9. The number of nitrogens with one attached hydrogen (secondary N) is 1. The zero-order valence-electron chi connectivity index (χ0n) is 10.8. The van der Waals surface area contributed by atoms with Crippen molar-refractivity contribution < 1.29 is 19.4 Å². The molecular weight excluding hydrogens is 236 g/mol. The van der Waals surface area contributed by atoms with Crippen LogP contribution in [0.3, 0.4) is 0 Å². The molecule has 1 atom stereocenters. The number of carbonyl (C=O) groups is 2. The first-order valence-corrected chi connectivity index (χ1v) is 6.24. The molecular formula is C12H22N2O4. The first-order chi connectivity index (χ1) is 8.57. The van der Waals surface area contributed by atoms with E-state index in [0.717, 1.165) is 12.8 Å². The number of aliphatic hydroxyl groups is 1. The molecule has 0 aliphatic heterocycles. The lowest BCUT2D eigenvalue weighted by atomic mass is 9.79. The number of esters is 1. The van der Waals surface area contributed by atoms with Crippen LogP contribution in [0.4, 0.5) is 0 Å². The van der Waals surface area contributed by atoms with Crippen LogP contribution in [0.1, 0.15) is 25.7 Å². The van der Waals surface area contributed by atoms with Gasteiger partial charge < -0.3 is 20.9 Å². The highest BCUT2D eigenvalue weighted by atomic mass is 16.5. The zero-order valence-corrected chi connectivity index (χ0v) is 10.8. The Hall–Kier alpha value is -1.14. The number of rotatable bonds is 8. The molecule has 6 heteroatoms. The van der Waals surface area contributed by atoms with E-state index in [9.17, 15) is 9.59 Å². The number of ether oxygens (including phenoxy) is 1. The fourth-order valence-electron chi connectivity index (χ4n) is 2.12. The molecule has 1 unspecified atom stereocenters. The van der Waals surface area contributed by atoms with E-state index >= 15 is 0 Å². The third kappa shape index (κ3) is 3.96. The molecule has 1 saturated carbocycles. The molecule has 1 rings (SSSR count). The second-order valence-corrected chi connectivity index (χ2v) is 4.87. The fraction of sp³-hybridized carbons (Fsp3) is 0.833. The van der Waals surface area contributed by atoms with E-state index < -0.39 is 11.4 Å². The average Bonchev–Trinajstić information content (AvgIpc) is 3.18. The summed E-state index contributed by atoms with van der Waals surface area (Å²) in [6.07, 6.45) is 2.78. The van der Waals surface area contributed by atoms with Crippen molar-refractivity contribution in [3.05, 3.63) is 0 Å². The predicted molar refractivity (Wildman–Crippen MR) is 65.6 cm³/mol. The van der Waals surface area contributed by atoms with Crippen molar-refractivity contribution in [2.24, 2.45) is 17.1 Å². The standard InChI is InChI=1S/C12H22N2O4/c1-18-11(17)12(8-13,6-9-2-3-9)7-10(16)14-4-5-15/h9,15H,2-8,13H2,1H3,(H,14,16). The van der Waals surface area contributed by atoms with Crippen LogP contribution < -0.4 is 11.1 Å². The van der Waals surface area contributed by atoms with Gasteiger partial charge in [0.2, 0.25) is 5.91 Å². The molecule has 1 aliphatic rings. The number of nitrogens with two attached hydrogens (primary N) is 1. The lowest BCUT2D eigenvalue weighted by Crippen LogP contribution is -2.44. The topological polar surface area (TPSA) is 102 Å². The molecule has 6 nitrogen and oxygen atoms in total. The summed E-state index contributed by atoms with van der Waals surface area (Å²) >= 11 is 0. The molecule has 1 fully saturated rings. The van der Waals surface area contributed by atoms with E-state index in [0.29, 0.717) is 12.3 Å². The quantitative estimate of drug-likeness (QED) is 0.505. The Kier molecular flexibility index (Phi) is 5.55. The monoisotopic (exact) mass is 258 g/mol. The van der Waals surface area contributed by atoms with Gasteiger partial charge in [-0.2, -0.15) is 0 Å². The van der Waals surface area contributed by atoms with Crippen molar-refractivity contribution in [2.75, 3.05) is 26.8 Å². The molecule has 0 spiro atoms. The first kappa shape index (κ1) is 14.9. The Morgan fingerprint density at radius 1 is 1.50 bits per heavy atom. The minimum absolute atomic E-state index is 0.0205. The molecule has 0 heterocycles. The summed E-state index contributed by atoms with van der Waals surface area (Å²) in [4.78, 5) is 23.6. The Morgan fingerprint density at radius 3 is 2.61 bits per heavy atom. The Morgan fingerprint density at radius 2 is 2.17 bits per heavy atom. The summed E-state index contributed by atoms with van der Waals surface area (Å²) in [6, 6.07) is 0. The minimum Gasteiger partial charge on any atom is -0.469 e. The van der Waals surface area contributed by atoms with Crippen molar-refractivity contribution in [2.45, 2.75) is 25.7 Å². The number of methoxy groups -OCH3 is 1. The van der Waals surface area contributed by atoms with Gasteiger partial charge in [0.25, 0.3) is 0 Å². The number of amides is 1. The van der Waals surface area contributed by atoms with Gasteiger partial charge >= 0.3 is 5.97 Å². The van der Waals surface area contributed by atoms with Crippen LogP contribution in [0, 0.1) is 11.3 Å². The molecule has 0 radical (unpaired) electrons. The highest BCUT2D eigenvalue weighted by molar-refractivity contribution is 5.86. The molecule has 104 valence electrons. The largest absolute Gasteiger partial charge is 0.469 e. The van der Waals surface area contributed by atoms with Gasteiger partial charge in [-0.1, -0.05) is 12.8 Å². The number of hydrogen-bond donors (Lipinski definition) is 3. The molecule has 18 heavy (non-hydrogen) atoms. The molecule has 0 aromatic carbocycles. The minimum atomic E-state index is -0.921. The Labute approximate surface area is 107 Å². The molecule has 0 aromatic heterocycles. The van der Waals surface area contributed by atoms with Crippen molar-refractivity contribution in [1.29, 1.82) is 0 Å². The first-order valence-electron chi connectivity index (χ1n) is 6.24. The van der Waals surface area contributed by atoms with Crippen LogP contribution in [-0.2, 0) is 14.3 Å². The van der Waals surface area contributed by atoms with Crippen molar-refractivity contribution in [3.63, 3.8) is 0 Å². The van der Waals surface area contributed by atoms with Crippen LogP contribution in [0.5, 0.6) is 0 Å². The number of carbonyl (C=O) groups excluding carboxylic acids is 2. The molecule has 0 saturated heterocycles. The van der Waals surface area contributed by atoms with E-state index in [4.69, 9.17) is 15.6 Å². The Bertz CT molecular complexity index is 304. The highest BCUT2D eigenvalue weighted by Crippen LogP contribution is 2.42. The Balaban J connectivity index is 2.67. The molecule has 1 amide bonds. The van der Waals surface area contributed by atoms with Crippen LogP contribution in [0.15, 0.2) is 0 Å². The lowest BCUT2D eigenvalue weighted by Gasteiger charge is -2.29. The maximum atomic E-state index is 11.9. The summed E-state index contributed by atoms with van der Waals surface area (Å²) in [7, 11) is 1.31. The summed E-state index contributed by atoms with van der Waals surface area (Å²) < 4.78 is 4.79. The highest BCUT2D eigenvalue weighted by Gasteiger charge is 2.44. The fourth-order valence-corrected chi connectivity index (χ4v) is 2.12. The van der Waals surface area contributed by atoms with E-state index in [1.807, 2.05) is 0 Å². The van der Waals surface area contributed by atoms with Gasteiger partial charge in [-0.3, -0.25) is 9.59 Å². The average molecular weight is 258 g/mol. The van der Waals surface area contributed by atoms with E-state index in [1.54, 1.807) is 0 Å². The zero-order chi connectivity index (χ0) is 13.6. The summed E-state index contributed by atoms with van der Waals surface area (Å²) in [5.74, 6) is -0.227. The maximum Gasteiger partial charge on any atom is 0.313 e. The molecule has 0 bridgehead atoms. The lowest BCUT2D eigenvalue weighted by molar-refractivity contribution is -0.155. The normalized spacial score (nSPS) is 17.9. The second-order valence-electron chi connectivity index (χ2n) is 4.87. The van der Waals surface area contributed by atoms with Crippen LogP contribution in [0.2, 0.25) is 0 Å². The predicted octanol–water partition coefficient (Wildman–Crippen LogP) is -0.597. The smallest absolute Gasteiger partial charge is 0.313 e. The third-order valence-corrected chi connectivity index (χ3v) is 3.32. The summed E-state index contributed by atoms with van der Waals surface area (Å²) in [5.41, 5.74) is 4.79. The van der Waals surface area contributed by atoms with Gasteiger partial charge in [-0.25, -0.2) is 0 Å². The molecule has 1 aliphatic carbocycles. The van der Waals surface area contributed by atoms with Crippen LogP contribution in [0.25, 0.3) is 0 Å². The number of aliphatic hydroxyl groups excluding tert-OH is 1. The molecule has 0 aromatic rings. The van der Waals surface area contributed by atoms with Gasteiger partial charge in [-0.15, -0.1) is 0 Å². The van der Waals surface area contributed by atoms with Crippen LogP contribution in [-0.4, -0.2) is 43.8 Å². The summed E-state index contributed by atoms with van der Waals surface area (Å²) in [6.45, 7) is 0.162. The molecule has 4 N–H and O–H groups in total. The second kappa shape index (κ2) is 6.70. The van der Waals surface area contributed by atoms with E-state index in [1.165, 1.54) is 7.11 Å². The SMILES string of the molecule is COC(=O)C(CN)(CC(=O)NCCO)CC1CC1. The van der Waals surface area contributed by atoms with E-state index in [2.05, 4.69) is 5.32 Å². The van der Waals surface area contributed by atoms with Gasteiger partial charge in [-0.05, 0) is 12.3 Å². The van der Waals surface area contributed by atoms with E-state index in [-0.39, 0.29) is 32.0 Å². The van der Waals surface area contributed by atoms with Gasteiger partial charge in [0.05, 0.1) is 19.1 Å². The summed E-state index contributed by atoms with van der Waals surface area (Å²) in [5, 5.41) is 11.2. The third-order valence-electron chi connectivity index (χ3n) is 3.32. The van der Waals surface area contributed by atoms with Crippen molar-refractivity contribution >= 4 is 11.9 Å². The van der Waals surface area contributed by atoms with Gasteiger partial charge in [0.1, 0.15) is 0 Å². The van der Waals surface area contributed by atoms with Crippen LogP contribution >= 0.6 is 0 Å². The number of hydrogen-bond acceptors (Lipinski definition) is 5. The van der Waals surface area contributed by atoms with Gasteiger partial charge in [0.15, 0.2) is 0 Å². The van der Waals surface area contributed by atoms with Crippen molar-refractivity contribution in [3.8, 4) is 0 Å².